The van der Waals surface area contributed by atoms with E-state index in [1.54, 1.807) is 42.5 Å². The number of benzene rings is 2. The summed E-state index contributed by atoms with van der Waals surface area (Å²) in [4.78, 5) is 39.4. The number of nitrogens with one attached hydrogen (secondary N) is 3. The van der Waals surface area contributed by atoms with Gasteiger partial charge in [-0.25, -0.2) is 14.6 Å². The SMILES string of the molecule is COC(=O)Nc1nc2ccc(C3(O)NC(=O)c4ccccc43)cc2[nH]1.O=C(O)C(F)(F)F. The Hall–Kier alpha value is -4.13. The van der Waals surface area contributed by atoms with Crippen molar-refractivity contribution in [3.8, 4) is 0 Å². The van der Waals surface area contributed by atoms with Crippen molar-refractivity contribution in [2.24, 2.45) is 0 Å². The molecule has 10 nitrogen and oxygen atoms in total. The van der Waals surface area contributed by atoms with E-state index in [1.165, 1.54) is 7.11 Å². The number of aliphatic hydroxyl groups is 1. The van der Waals surface area contributed by atoms with Crippen LogP contribution in [0.15, 0.2) is 42.5 Å². The van der Waals surface area contributed by atoms with Crippen molar-refractivity contribution < 1.29 is 42.5 Å². The number of carbonyl (C=O) groups is 3. The average molecular weight is 452 g/mol. The number of aromatic amines is 1. The van der Waals surface area contributed by atoms with Crippen LogP contribution in [0.1, 0.15) is 21.5 Å². The number of fused-ring (bicyclic) bond motifs is 2. The first-order valence-corrected chi connectivity index (χ1v) is 8.75. The smallest absolute Gasteiger partial charge is 0.475 e. The van der Waals surface area contributed by atoms with Crippen LogP contribution in [0.4, 0.5) is 23.9 Å². The molecule has 3 aromatic rings. The fraction of sp³-hybridized carbons (Fsp3) is 0.158. The summed E-state index contributed by atoms with van der Waals surface area (Å²) in [6, 6.07) is 11.9. The van der Waals surface area contributed by atoms with Crippen molar-refractivity contribution in [1.82, 2.24) is 15.3 Å². The van der Waals surface area contributed by atoms with Crippen LogP contribution in [0.5, 0.6) is 0 Å². The van der Waals surface area contributed by atoms with E-state index in [0.29, 0.717) is 27.7 Å². The van der Waals surface area contributed by atoms with Gasteiger partial charge in [0.25, 0.3) is 5.91 Å². The van der Waals surface area contributed by atoms with Gasteiger partial charge < -0.3 is 25.3 Å². The number of methoxy groups -OCH3 is 1. The number of carboxylic acids is 1. The van der Waals surface area contributed by atoms with Crippen LogP contribution in [0.25, 0.3) is 11.0 Å². The number of anilines is 1. The average Bonchev–Trinajstić information content (AvgIpc) is 3.25. The van der Waals surface area contributed by atoms with Crippen molar-refractivity contribution in [3.63, 3.8) is 0 Å². The monoisotopic (exact) mass is 452 g/mol. The Labute approximate surface area is 177 Å². The molecule has 4 rings (SSSR count). The summed E-state index contributed by atoms with van der Waals surface area (Å²) in [6.07, 6.45) is -5.73. The summed E-state index contributed by atoms with van der Waals surface area (Å²) in [5, 5.41) is 23.3. The van der Waals surface area contributed by atoms with Crippen molar-refractivity contribution in [2.45, 2.75) is 11.9 Å². The zero-order valence-corrected chi connectivity index (χ0v) is 16.1. The van der Waals surface area contributed by atoms with Crippen molar-refractivity contribution >= 4 is 35.0 Å². The molecule has 5 N–H and O–H groups in total. The molecule has 2 aromatic carbocycles. The number of halogens is 3. The van der Waals surface area contributed by atoms with Gasteiger partial charge in [-0.15, -0.1) is 0 Å². The normalized spacial score (nSPS) is 17.1. The number of ether oxygens (including phenoxy) is 1. The molecule has 1 unspecified atom stereocenters. The van der Waals surface area contributed by atoms with Crippen LogP contribution in [0.3, 0.4) is 0 Å². The van der Waals surface area contributed by atoms with Crippen LogP contribution in [0.2, 0.25) is 0 Å². The third-order valence-electron chi connectivity index (χ3n) is 4.40. The maximum absolute atomic E-state index is 12.1. The minimum absolute atomic E-state index is 0.224. The molecule has 0 saturated carbocycles. The predicted molar refractivity (Wildman–Crippen MR) is 103 cm³/mol. The van der Waals surface area contributed by atoms with Gasteiger partial charge in [0.1, 0.15) is 0 Å². The van der Waals surface area contributed by atoms with Gasteiger partial charge in [0.05, 0.1) is 18.1 Å². The molecule has 32 heavy (non-hydrogen) atoms. The Bertz CT molecular complexity index is 1210. The van der Waals surface area contributed by atoms with Gasteiger partial charge >= 0.3 is 18.2 Å². The minimum Gasteiger partial charge on any atom is -0.475 e. The molecular weight excluding hydrogens is 437 g/mol. The van der Waals surface area contributed by atoms with Gasteiger partial charge in [0.15, 0.2) is 5.72 Å². The fourth-order valence-corrected chi connectivity index (χ4v) is 2.96. The predicted octanol–water partition coefficient (Wildman–Crippen LogP) is 2.31. The maximum atomic E-state index is 12.1. The van der Waals surface area contributed by atoms with Crippen molar-refractivity contribution in [3.05, 3.63) is 59.2 Å². The van der Waals surface area contributed by atoms with Crippen LogP contribution in [0, 0.1) is 0 Å². The van der Waals surface area contributed by atoms with E-state index in [-0.39, 0.29) is 11.9 Å². The molecule has 0 aliphatic carbocycles. The van der Waals surface area contributed by atoms with Gasteiger partial charge in [-0.2, -0.15) is 13.2 Å². The second-order valence-electron chi connectivity index (χ2n) is 6.45. The van der Waals surface area contributed by atoms with E-state index in [2.05, 4.69) is 25.3 Å². The summed E-state index contributed by atoms with van der Waals surface area (Å²) in [5.74, 6) is -2.87. The summed E-state index contributed by atoms with van der Waals surface area (Å²) in [6.45, 7) is 0. The highest BCUT2D eigenvalue weighted by atomic mass is 19.4. The highest BCUT2D eigenvalue weighted by Crippen LogP contribution is 2.35. The van der Waals surface area contributed by atoms with Gasteiger partial charge in [-0.3, -0.25) is 10.1 Å². The number of hydrogen-bond donors (Lipinski definition) is 5. The number of alkyl halides is 3. The zero-order chi connectivity index (χ0) is 23.7. The number of carboxylic acid groups (broad SMARTS) is 1. The number of aromatic nitrogens is 2. The van der Waals surface area contributed by atoms with Gasteiger partial charge in [0, 0.05) is 16.7 Å². The molecule has 2 amide bonds. The molecule has 2 heterocycles. The summed E-state index contributed by atoms with van der Waals surface area (Å²) >= 11 is 0. The number of hydrogen-bond acceptors (Lipinski definition) is 6. The van der Waals surface area contributed by atoms with Crippen LogP contribution in [-0.2, 0) is 15.3 Å². The number of H-pyrrole nitrogens is 1. The number of amides is 2. The second kappa shape index (κ2) is 8.19. The highest BCUT2D eigenvalue weighted by Gasteiger charge is 2.42. The lowest BCUT2D eigenvalue weighted by Crippen LogP contribution is -2.40. The molecule has 1 aromatic heterocycles. The molecule has 0 bridgehead atoms. The largest absolute Gasteiger partial charge is 0.490 e. The molecule has 168 valence electrons. The lowest BCUT2D eigenvalue weighted by atomic mass is 9.94. The molecule has 1 atom stereocenters. The number of aliphatic carboxylic acids is 1. The molecular formula is C19H15F3N4O6. The van der Waals surface area contributed by atoms with Crippen LogP contribution in [-0.4, -0.2) is 51.4 Å². The van der Waals surface area contributed by atoms with Crippen LogP contribution >= 0.6 is 0 Å². The number of imidazole rings is 1. The summed E-state index contributed by atoms with van der Waals surface area (Å²) < 4.78 is 36.3. The van der Waals surface area contributed by atoms with E-state index in [9.17, 15) is 27.9 Å². The van der Waals surface area contributed by atoms with E-state index in [0.717, 1.165) is 0 Å². The Balaban J connectivity index is 0.000000360. The number of rotatable bonds is 2. The fourth-order valence-electron chi connectivity index (χ4n) is 2.96. The minimum atomic E-state index is -5.08. The van der Waals surface area contributed by atoms with E-state index < -0.39 is 24.0 Å². The highest BCUT2D eigenvalue weighted by molar-refractivity contribution is 6.00. The Morgan fingerprint density at radius 1 is 1.19 bits per heavy atom. The van der Waals surface area contributed by atoms with Crippen molar-refractivity contribution in [2.75, 3.05) is 12.4 Å². The molecule has 0 spiro atoms. The third-order valence-corrected chi connectivity index (χ3v) is 4.40. The van der Waals surface area contributed by atoms with E-state index >= 15 is 0 Å². The maximum Gasteiger partial charge on any atom is 0.490 e. The molecule has 1 aliphatic rings. The van der Waals surface area contributed by atoms with E-state index in [1.807, 2.05) is 0 Å². The quantitative estimate of drug-likeness (QED) is 0.400. The Morgan fingerprint density at radius 3 is 2.47 bits per heavy atom. The molecule has 1 aliphatic heterocycles. The first kappa shape index (κ1) is 22.6. The summed E-state index contributed by atoms with van der Waals surface area (Å²) in [7, 11) is 1.26. The van der Waals surface area contributed by atoms with Gasteiger partial charge in [-0.1, -0.05) is 24.3 Å². The molecule has 13 heteroatoms. The first-order valence-electron chi connectivity index (χ1n) is 8.75. The topological polar surface area (TPSA) is 154 Å². The Kier molecular flexibility index (Phi) is 5.77. The molecule has 0 saturated heterocycles. The Morgan fingerprint density at radius 2 is 1.84 bits per heavy atom. The van der Waals surface area contributed by atoms with Crippen molar-refractivity contribution in [1.29, 1.82) is 0 Å². The van der Waals surface area contributed by atoms with E-state index in [4.69, 9.17) is 9.90 Å². The number of carbonyl (C=O) groups excluding carboxylic acids is 2. The number of nitrogens with zero attached hydrogens (tertiary/aromatic N) is 1. The third kappa shape index (κ3) is 4.32. The molecule has 0 radical (unpaired) electrons. The summed E-state index contributed by atoms with van der Waals surface area (Å²) in [5.41, 5.74) is 0.969. The first-order chi connectivity index (χ1) is 15.0. The molecule has 0 fully saturated rings. The van der Waals surface area contributed by atoms with Gasteiger partial charge in [0.2, 0.25) is 5.95 Å². The lowest BCUT2D eigenvalue weighted by Gasteiger charge is -2.24. The second-order valence-corrected chi connectivity index (χ2v) is 6.45. The van der Waals surface area contributed by atoms with Crippen LogP contribution < -0.4 is 10.6 Å². The van der Waals surface area contributed by atoms with Gasteiger partial charge in [-0.05, 0) is 18.2 Å². The standard InChI is InChI=1S/C17H14N4O4.C2HF3O2/c1-25-16(23)20-15-18-12-7-6-9(8-13(12)19-15)17(24)11-5-3-2-4-10(11)14(22)21-17;3-2(4,5)1(6)7/h2-8,24H,1H3,(H,21,22)(H2,18,19,20,23);(H,6,7). The zero-order valence-electron chi connectivity index (χ0n) is 16.1. The lowest BCUT2D eigenvalue weighted by molar-refractivity contribution is -0.192.